The molecule has 4 N–H and O–H groups in total. The lowest BCUT2D eigenvalue weighted by atomic mass is 9.97. The Labute approximate surface area is 154 Å². The molecule has 2 rings (SSSR count). The molecule has 0 aliphatic heterocycles. The van der Waals surface area contributed by atoms with Gasteiger partial charge in [-0.05, 0) is 23.6 Å². The Morgan fingerprint density at radius 2 is 1.81 bits per heavy atom. The van der Waals surface area contributed by atoms with E-state index in [1.54, 1.807) is 38.6 Å². The van der Waals surface area contributed by atoms with E-state index in [1.165, 1.54) is 11.1 Å². The molecule has 0 aromatic heterocycles. The summed E-state index contributed by atoms with van der Waals surface area (Å²) in [5.41, 5.74) is 8.88. The number of methoxy groups -OCH3 is 2. The highest BCUT2D eigenvalue weighted by molar-refractivity contribution is 5.70. The molecule has 5 nitrogen and oxygen atoms in total. The minimum Gasteiger partial charge on any atom is -0.496 e. The number of hydrogen-bond donors (Lipinski definition) is 2. The molecule has 0 fully saturated rings. The highest BCUT2D eigenvalue weighted by Gasteiger charge is 2.16. The van der Waals surface area contributed by atoms with Crippen molar-refractivity contribution in [1.82, 2.24) is 5.01 Å². The van der Waals surface area contributed by atoms with Crippen LogP contribution >= 0.6 is 0 Å². The topological polar surface area (TPSA) is 73.7 Å². The first-order chi connectivity index (χ1) is 12.4. The van der Waals surface area contributed by atoms with Crippen LogP contribution in [0.3, 0.4) is 0 Å². The van der Waals surface area contributed by atoms with Gasteiger partial charge in [-0.25, -0.2) is 10.2 Å². The van der Waals surface area contributed by atoms with Gasteiger partial charge < -0.3 is 20.2 Å². The molecule has 2 aromatic rings. The molecule has 0 aliphatic carbocycles. The first-order valence-electron chi connectivity index (χ1n) is 8.35. The number of nitrogens with two attached hydrogens (primary N) is 2. The van der Waals surface area contributed by atoms with Crippen molar-refractivity contribution in [2.45, 2.75) is 26.3 Å². The minimum atomic E-state index is -0.306. The largest absolute Gasteiger partial charge is 0.496 e. The van der Waals surface area contributed by atoms with Crippen molar-refractivity contribution in [2.75, 3.05) is 14.2 Å². The van der Waals surface area contributed by atoms with Crippen molar-refractivity contribution in [3.05, 3.63) is 65.1 Å². The number of rotatable bonds is 7. The predicted octanol–water partition coefficient (Wildman–Crippen LogP) is 3.60. The zero-order valence-electron chi connectivity index (χ0n) is 15.6. The van der Waals surface area contributed by atoms with E-state index in [0.717, 1.165) is 11.3 Å². The summed E-state index contributed by atoms with van der Waals surface area (Å²) in [6, 6.07) is 10.2. The number of hydrogen-bond acceptors (Lipinski definition) is 5. The fourth-order valence-corrected chi connectivity index (χ4v) is 2.72. The van der Waals surface area contributed by atoms with Gasteiger partial charge in [0, 0.05) is 23.4 Å². The van der Waals surface area contributed by atoms with Crippen molar-refractivity contribution in [1.29, 1.82) is 0 Å². The van der Waals surface area contributed by atoms with E-state index < -0.39 is 0 Å². The molecule has 0 saturated carbocycles. The van der Waals surface area contributed by atoms with Gasteiger partial charge in [-0.1, -0.05) is 32.0 Å². The molecule has 6 heteroatoms. The number of nitrogens with zero attached hydrogens (tertiary/aromatic N) is 1. The Morgan fingerprint density at radius 3 is 2.38 bits per heavy atom. The second kappa shape index (κ2) is 8.58. The molecule has 0 amide bonds. The third kappa shape index (κ3) is 4.46. The monoisotopic (exact) mass is 359 g/mol. The van der Waals surface area contributed by atoms with Crippen molar-refractivity contribution in [3.8, 4) is 11.5 Å². The van der Waals surface area contributed by atoms with Crippen LogP contribution in [-0.2, 0) is 6.54 Å². The van der Waals surface area contributed by atoms with Crippen molar-refractivity contribution in [3.63, 3.8) is 0 Å². The van der Waals surface area contributed by atoms with Gasteiger partial charge in [-0.2, -0.15) is 0 Å². The lowest BCUT2D eigenvalue weighted by Crippen LogP contribution is -2.26. The van der Waals surface area contributed by atoms with E-state index in [9.17, 15) is 4.39 Å². The predicted molar refractivity (Wildman–Crippen MR) is 102 cm³/mol. The normalized spacial score (nSPS) is 11.6. The molecule has 0 unspecified atom stereocenters. The fourth-order valence-electron chi connectivity index (χ4n) is 2.72. The number of hydrazine groups is 1. The van der Waals surface area contributed by atoms with Crippen LogP contribution in [0.15, 0.2) is 42.6 Å². The van der Waals surface area contributed by atoms with Crippen LogP contribution in [0.5, 0.6) is 11.5 Å². The summed E-state index contributed by atoms with van der Waals surface area (Å²) in [5, 5.41) is 1.35. The Bertz CT molecular complexity index is 791. The smallest absolute Gasteiger partial charge is 0.131 e. The highest BCUT2D eigenvalue weighted by atomic mass is 19.1. The van der Waals surface area contributed by atoms with Crippen LogP contribution in [0.2, 0.25) is 0 Å². The summed E-state index contributed by atoms with van der Waals surface area (Å²) in [5.74, 6) is 7.26. The van der Waals surface area contributed by atoms with Crippen LogP contribution < -0.4 is 21.1 Å². The molecule has 0 heterocycles. The number of halogens is 1. The Kier molecular flexibility index (Phi) is 6.46. The van der Waals surface area contributed by atoms with Crippen molar-refractivity contribution >= 4 is 5.70 Å². The standard InChI is InChI=1S/C20H26FN3O2/c1-13(2)15-9-16(20(26-4)10-19(15)25-3)18(22)12-24(23)11-14-7-5-6-8-17(14)21/h5-10,12-13H,11,22-23H2,1-4H3/b18-12-. The van der Waals surface area contributed by atoms with Gasteiger partial charge in [0.1, 0.15) is 17.3 Å². The molecule has 0 radical (unpaired) electrons. The summed E-state index contributed by atoms with van der Waals surface area (Å²) in [4.78, 5) is 0. The molecule has 26 heavy (non-hydrogen) atoms. The Balaban J connectivity index is 2.35. The Hall–Kier alpha value is -2.73. The molecule has 2 aromatic carbocycles. The molecule has 0 atom stereocenters. The van der Waals surface area contributed by atoms with Crippen molar-refractivity contribution < 1.29 is 13.9 Å². The second-order valence-corrected chi connectivity index (χ2v) is 6.30. The van der Waals surface area contributed by atoms with E-state index in [1.807, 2.05) is 12.1 Å². The number of benzene rings is 2. The molecular weight excluding hydrogens is 333 g/mol. The van der Waals surface area contributed by atoms with Crippen LogP contribution in [0, 0.1) is 5.82 Å². The maximum atomic E-state index is 13.8. The zero-order valence-corrected chi connectivity index (χ0v) is 15.6. The first-order valence-corrected chi connectivity index (χ1v) is 8.35. The van der Waals surface area contributed by atoms with Gasteiger partial charge in [-0.15, -0.1) is 0 Å². The third-order valence-corrected chi connectivity index (χ3v) is 4.10. The lowest BCUT2D eigenvalue weighted by molar-refractivity contribution is 0.377. The van der Waals surface area contributed by atoms with E-state index in [-0.39, 0.29) is 18.3 Å². The third-order valence-electron chi connectivity index (χ3n) is 4.10. The quantitative estimate of drug-likeness (QED) is 0.584. The minimum absolute atomic E-state index is 0.197. The van der Waals surface area contributed by atoms with E-state index in [4.69, 9.17) is 21.1 Å². The maximum Gasteiger partial charge on any atom is 0.131 e. The van der Waals surface area contributed by atoms with Crippen LogP contribution in [-0.4, -0.2) is 19.2 Å². The molecule has 0 bridgehead atoms. The highest BCUT2D eigenvalue weighted by Crippen LogP contribution is 2.35. The molecule has 0 aliphatic rings. The van der Waals surface area contributed by atoms with Crippen LogP contribution in [0.1, 0.15) is 36.5 Å². The SMILES string of the molecule is COc1cc(OC)c(C(C)C)cc1/C(N)=C/N(N)Cc1ccccc1F. The summed E-state index contributed by atoms with van der Waals surface area (Å²) >= 11 is 0. The summed E-state index contributed by atoms with van der Waals surface area (Å²) < 4.78 is 24.7. The summed E-state index contributed by atoms with van der Waals surface area (Å²) in [6.45, 7) is 4.34. The lowest BCUT2D eigenvalue weighted by Gasteiger charge is -2.19. The van der Waals surface area contributed by atoms with Gasteiger partial charge >= 0.3 is 0 Å². The van der Waals surface area contributed by atoms with Gasteiger partial charge in [0.05, 0.1) is 26.5 Å². The van der Waals surface area contributed by atoms with Gasteiger partial charge in [-0.3, -0.25) is 0 Å². The van der Waals surface area contributed by atoms with Crippen LogP contribution in [0.25, 0.3) is 5.70 Å². The fraction of sp³-hybridized carbons (Fsp3) is 0.300. The van der Waals surface area contributed by atoms with Gasteiger partial charge in [0.25, 0.3) is 0 Å². The van der Waals surface area contributed by atoms with E-state index in [2.05, 4.69) is 13.8 Å². The summed E-state index contributed by atoms with van der Waals surface area (Å²) in [6.07, 6.45) is 1.57. The van der Waals surface area contributed by atoms with Crippen LogP contribution in [0.4, 0.5) is 4.39 Å². The summed E-state index contributed by atoms with van der Waals surface area (Å²) in [7, 11) is 3.19. The van der Waals surface area contributed by atoms with E-state index >= 15 is 0 Å². The Morgan fingerprint density at radius 1 is 1.15 bits per heavy atom. The van der Waals surface area contributed by atoms with Gasteiger partial charge in [0.2, 0.25) is 0 Å². The second-order valence-electron chi connectivity index (χ2n) is 6.30. The molecule has 0 spiro atoms. The van der Waals surface area contributed by atoms with Gasteiger partial charge in [0.15, 0.2) is 0 Å². The average molecular weight is 359 g/mol. The maximum absolute atomic E-state index is 13.8. The van der Waals surface area contributed by atoms with E-state index in [0.29, 0.717) is 22.6 Å². The number of ether oxygens (including phenoxy) is 2. The average Bonchev–Trinajstić information content (AvgIpc) is 2.62. The van der Waals surface area contributed by atoms with Crippen molar-refractivity contribution in [2.24, 2.45) is 11.6 Å². The molecular formula is C20H26FN3O2. The zero-order chi connectivity index (χ0) is 19.3. The first kappa shape index (κ1) is 19.6. The molecule has 140 valence electrons. The molecule has 0 saturated heterocycles.